The monoisotopic (exact) mass is 176 g/mol. The second kappa shape index (κ2) is 2.58. The average Bonchev–Trinajstić information content (AvgIpc) is 2.50. The van der Waals surface area contributed by atoms with Gasteiger partial charge in [-0.2, -0.15) is 0 Å². The molecule has 0 saturated carbocycles. The molecule has 0 bridgehead atoms. The standard InChI is InChI=1S/C9H8N2O2/c1-6-2-3-8-7(4-5-10-8)9(6)11(12)13/h2-5,10H,1H3. The van der Waals surface area contributed by atoms with E-state index in [2.05, 4.69) is 4.98 Å². The van der Waals surface area contributed by atoms with Gasteiger partial charge in [0.2, 0.25) is 0 Å². The first-order chi connectivity index (χ1) is 6.20. The van der Waals surface area contributed by atoms with Crippen molar-refractivity contribution < 1.29 is 4.92 Å². The van der Waals surface area contributed by atoms with Crippen molar-refractivity contribution in [3.8, 4) is 0 Å². The van der Waals surface area contributed by atoms with Crippen LogP contribution in [0.25, 0.3) is 10.9 Å². The number of benzene rings is 1. The van der Waals surface area contributed by atoms with Gasteiger partial charge in [0.1, 0.15) is 0 Å². The molecule has 1 aromatic carbocycles. The van der Waals surface area contributed by atoms with Gasteiger partial charge in [0, 0.05) is 11.8 Å². The summed E-state index contributed by atoms with van der Waals surface area (Å²) in [7, 11) is 0. The second-order valence-electron chi connectivity index (χ2n) is 2.93. The Labute approximate surface area is 74.3 Å². The highest BCUT2D eigenvalue weighted by Gasteiger charge is 2.15. The van der Waals surface area contributed by atoms with Crippen LogP contribution in [0.15, 0.2) is 24.4 Å². The zero-order valence-electron chi connectivity index (χ0n) is 7.07. The molecule has 0 aliphatic carbocycles. The third-order valence-corrected chi connectivity index (χ3v) is 2.09. The van der Waals surface area contributed by atoms with Gasteiger partial charge in [-0.3, -0.25) is 10.1 Å². The maximum Gasteiger partial charge on any atom is 0.281 e. The fourth-order valence-corrected chi connectivity index (χ4v) is 1.47. The Hall–Kier alpha value is -1.84. The topological polar surface area (TPSA) is 58.9 Å². The van der Waals surface area contributed by atoms with E-state index >= 15 is 0 Å². The van der Waals surface area contributed by atoms with Gasteiger partial charge in [-0.15, -0.1) is 0 Å². The molecule has 4 nitrogen and oxygen atoms in total. The van der Waals surface area contributed by atoms with Crippen LogP contribution in [0.5, 0.6) is 0 Å². The molecule has 1 heterocycles. The predicted octanol–water partition coefficient (Wildman–Crippen LogP) is 2.38. The Morgan fingerprint density at radius 3 is 2.85 bits per heavy atom. The SMILES string of the molecule is Cc1ccc2[nH]ccc2c1[N+](=O)[O-]. The van der Waals surface area contributed by atoms with Gasteiger partial charge in [-0.05, 0) is 19.1 Å². The van der Waals surface area contributed by atoms with E-state index in [0.717, 1.165) is 5.52 Å². The van der Waals surface area contributed by atoms with E-state index in [0.29, 0.717) is 10.9 Å². The largest absolute Gasteiger partial charge is 0.361 e. The number of aromatic amines is 1. The van der Waals surface area contributed by atoms with E-state index in [4.69, 9.17) is 0 Å². The van der Waals surface area contributed by atoms with Crippen LogP contribution >= 0.6 is 0 Å². The first kappa shape index (κ1) is 7.79. The highest BCUT2D eigenvalue weighted by Crippen LogP contribution is 2.27. The van der Waals surface area contributed by atoms with Crippen molar-refractivity contribution in [1.82, 2.24) is 4.98 Å². The van der Waals surface area contributed by atoms with Gasteiger partial charge in [0.15, 0.2) is 0 Å². The van der Waals surface area contributed by atoms with Gasteiger partial charge >= 0.3 is 0 Å². The van der Waals surface area contributed by atoms with Crippen molar-refractivity contribution >= 4 is 16.6 Å². The molecule has 0 aliphatic heterocycles. The molecule has 1 N–H and O–H groups in total. The van der Waals surface area contributed by atoms with E-state index in [1.165, 1.54) is 0 Å². The Morgan fingerprint density at radius 2 is 2.15 bits per heavy atom. The first-order valence-corrected chi connectivity index (χ1v) is 3.91. The highest BCUT2D eigenvalue weighted by molar-refractivity contribution is 5.89. The number of H-pyrrole nitrogens is 1. The van der Waals surface area contributed by atoms with E-state index < -0.39 is 0 Å². The number of aromatic nitrogens is 1. The fourth-order valence-electron chi connectivity index (χ4n) is 1.47. The van der Waals surface area contributed by atoms with Crippen molar-refractivity contribution in [3.05, 3.63) is 40.1 Å². The first-order valence-electron chi connectivity index (χ1n) is 3.91. The quantitative estimate of drug-likeness (QED) is 0.535. The Bertz CT molecular complexity index is 473. The van der Waals surface area contributed by atoms with Crippen LogP contribution < -0.4 is 0 Å². The summed E-state index contributed by atoms with van der Waals surface area (Å²) in [6.07, 6.45) is 1.71. The van der Waals surface area contributed by atoms with Crippen LogP contribution in [0.4, 0.5) is 5.69 Å². The molecule has 0 saturated heterocycles. The van der Waals surface area contributed by atoms with E-state index in [-0.39, 0.29) is 10.6 Å². The van der Waals surface area contributed by atoms with Crippen molar-refractivity contribution in [2.45, 2.75) is 6.92 Å². The highest BCUT2D eigenvalue weighted by atomic mass is 16.6. The van der Waals surface area contributed by atoms with Crippen molar-refractivity contribution in [2.75, 3.05) is 0 Å². The summed E-state index contributed by atoms with van der Waals surface area (Å²) in [5, 5.41) is 11.4. The van der Waals surface area contributed by atoms with E-state index in [9.17, 15) is 10.1 Å². The van der Waals surface area contributed by atoms with Crippen molar-refractivity contribution in [2.24, 2.45) is 0 Å². The molecule has 2 aromatic rings. The van der Waals surface area contributed by atoms with Gasteiger partial charge in [-0.25, -0.2) is 0 Å². The van der Waals surface area contributed by atoms with E-state index in [1.807, 2.05) is 6.07 Å². The zero-order chi connectivity index (χ0) is 9.42. The van der Waals surface area contributed by atoms with Crippen LogP contribution in [0.1, 0.15) is 5.56 Å². The summed E-state index contributed by atoms with van der Waals surface area (Å²) in [5.41, 5.74) is 1.69. The van der Waals surface area contributed by atoms with Crippen molar-refractivity contribution in [1.29, 1.82) is 0 Å². The molecular formula is C9H8N2O2. The number of nitrogens with zero attached hydrogens (tertiary/aromatic N) is 1. The Morgan fingerprint density at radius 1 is 1.38 bits per heavy atom. The fraction of sp³-hybridized carbons (Fsp3) is 0.111. The number of nitrogens with one attached hydrogen (secondary N) is 1. The van der Waals surface area contributed by atoms with Gasteiger partial charge in [0.25, 0.3) is 5.69 Å². The molecule has 66 valence electrons. The minimum absolute atomic E-state index is 0.193. The summed E-state index contributed by atoms with van der Waals surface area (Å²) in [5.74, 6) is 0. The number of rotatable bonds is 1. The number of aryl methyl sites for hydroxylation is 1. The van der Waals surface area contributed by atoms with Crippen LogP contribution in [-0.2, 0) is 0 Å². The molecule has 4 heteroatoms. The Kier molecular flexibility index (Phi) is 1.55. The summed E-state index contributed by atoms with van der Waals surface area (Å²) in [6.45, 7) is 1.74. The maximum absolute atomic E-state index is 10.7. The molecule has 0 fully saturated rings. The van der Waals surface area contributed by atoms with Crippen LogP contribution in [-0.4, -0.2) is 9.91 Å². The van der Waals surface area contributed by atoms with Gasteiger partial charge < -0.3 is 4.98 Å². The molecule has 0 unspecified atom stereocenters. The zero-order valence-corrected chi connectivity index (χ0v) is 7.07. The average molecular weight is 176 g/mol. The molecule has 13 heavy (non-hydrogen) atoms. The summed E-state index contributed by atoms with van der Waals surface area (Å²) in [4.78, 5) is 13.3. The van der Waals surface area contributed by atoms with Gasteiger partial charge in [-0.1, -0.05) is 6.07 Å². The van der Waals surface area contributed by atoms with Crippen molar-refractivity contribution in [3.63, 3.8) is 0 Å². The molecule has 0 spiro atoms. The van der Waals surface area contributed by atoms with Crippen LogP contribution in [0, 0.1) is 17.0 Å². The molecule has 0 aliphatic rings. The second-order valence-corrected chi connectivity index (χ2v) is 2.93. The van der Waals surface area contributed by atoms with Crippen LogP contribution in [0.3, 0.4) is 0 Å². The lowest BCUT2D eigenvalue weighted by Crippen LogP contribution is -1.91. The molecular weight excluding hydrogens is 168 g/mol. The minimum Gasteiger partial charge on any atom is -0.361 e. The predicted molar refractivity (Wildman–Crippen MR) is 49.7 cm³/mol. The van der Waals surface area contributed by atoms with Crippen LogP contribution in [0.2, 0.25) is 0 Å². The van der Waals surface area contributed by atoms with Gasteiger partial charge in [0.05, 0.1) is 15.8 Å². The molecule has 0 radical (unpaired) electrons. The number of nitro benzene ring substituents is 1. The lowest BCUT2D eigenvalue weighted by atomic mass is 10.1. The maximum atomic E-state index is 10.7. The summed E-state index contributed by atoms with van der Waals surface area (Å²) < 4.78 is 0. The molecule has 1 aromatic heterocycles. The normalized spacial score (nSPS) is 10.5. The lowest BCUT2D eigenvalue weighted by molar-refractivity contribution is -0.383. The lowest BCUT2D eigenvalue weighted by Gasteiger charge is -1.97. The summed E-state index contributed by atoms with van der Waals surface area (Å²) >= 11 is 0. The smallest absolute Gasteiger partial charge is 0.281 e. The molecule has 2 rings (SSSR count). The van der Waals surface area contributed by atoms with E-state index in [1.54, 1.807) is 25.3 Å². The summed E-state index contributed by atoms with van der Waals surface area (Å²) in [6, 6.07) is 5.31. The number of nitro groups is 1. The number of hydrogen-bond donors (Lipinski definition) is 1. The Balaban J connectivity index is 2.88. The third kappa shape index (κ3) is 1.07. The number of fused-ring (bicyclic) bond motifs is 1. The third-order valence-electron chi connectivity index (χ3n) is 2.09. The molecule has 0 amide bonds. The molecule has 0 atom stereocenters. The number of hydrogen-bond acceptors (Lipinski definition) is 2. The minimum atomic E-state index is -0.342.